The minimum absolute atomic E-state index is 0.0373. The number of carbonyl (C=O) groups is 1. The largest absolute Gasteiger partial charge is 0.355 e. The SMILES string of the molecule is Cc1ccc(CC(=O)NCC[S@@](=O)c2ccc(C)cc2)cc1. The minimum Gasteiger partial charge on any atom is -0.355 e. The number of hydrogen-bond acceptors (Lipinski definition) is 2. The predicted octanol–water partition coefficient (Wildman–Crippen LogP) is 2.77. The lowest BCUT2D eigenvalue weighted by Gasteiger charge is -2.06. The fourth-order valence-electron chi connectivity index (χ4n) is 2.04. The van der Waals surface area contributed by atoms with Crippen molar-refractivity contribution in [2.45, 2.75) is 25.2 Å². The maximum absolute atomic E-state index is 12.1. The molecule has 0 fully saturated rings. The molecule has 22 heavy (non-hydrogen) atoms. The summed E-state index contributed by atoms with van der Waals surface area (Å²) >= 11 is 0. The molecule has 0 saturated heterocycles. The molecule has 0 spiro atoms. The highest BCUT2D eigenvalue weighted by molar-refractivity contribution is 7.85. The summed E-state index contributed by atoms with van der Waals surface area (Å²) in [7, 11) is -1.07. The Morgan fingerprint density at radius 1 is 0.955 bits per heavy atom. The van der Waals surface area contributed by atoms with Gasteiger partial charge in [-0.2, -0.15) is 0 Å². The lowest BCUT2D eigenvalue weighted by Crippen LogP contribution is -2.29. The summed E-state index contributed by atoms with van der Waals surface area (Å²) < 4.78 is 12.1. The van der Waals surface area contributed by atoms with Crippen molar-refractivity contribution in [2.24, 2.45) is 0 Å². The number of amides is 1. The Labute approximate surface area is 134 Å². The average molecular weight is 315 g/mol. The lowest BCUT2D eigenvalue weighted by atomic mass is 10.1. The fourth-order valence-corrected chi connectivity index (χ4v) is 3.01. The third-order valence-electron chi connectivity index (χ3n) is 3.38. The number of carbonyl (C=O) groups excluding carboxylic acids is 1. The van der Waals surface area contributed by atoms with Crippen molar-refractivity contribution in [1.29, 1.82) is 0 Å². The molecule has 0 radical (unpaired) electrons. The van der Waals surface area contributed by atoms with Gasteiger partial charge in [-0.05, 0) is 31.5 Å². The van der Waals surface area contributed by atoms with E-state index in [0.717, 1.165) is 16.0 Å². The molecule has 2 rings (SSSR count). The first-order chi connectivity index (χ1) is 10.5. The normalized spacial score (nSPS) is 11.9. The van der Waals surface area contributed by atoms with Crippen molar-refractivity contribution in [3.05, 3.63) is 65.2 Å². The highest BCUT2D eigenvalue weighted by Crippen LogP contribution is 2.08. The van der Waals surface area contributed by atoms with Gasteiger partial charge >= 0.3 is 0 Å². The second-order valence-corrected chi connectivity index (χ2v) is 6.95. The van der Waals surface area contributed by atoms with E-state index in [-0.39, 0.29) is 5.91 Å². The second-order valence-electron chi connectivity index (χ2n) is 5.38. The van der Waals surface area contributed by atoms with E-state index in [0.29, 0.717) is 18.7 Å². The van der Waals surface area contributed by atoms with Crippen molar-refractivity contribution in [1.82, 2.24) is 5.32 Å². The van der Waals surface area contributed by atoms with Crippen molar-refractivity contribution >= 4 is 16.7 Å². The monoisotopic (exact) mass is 315 g/mol. The van der Waals surface area contributed by atoms with Crippen LogP contribution < -0.4 is 5.32 Å². The quantitative estimate of drug-likeness (QED) is 0.891. The van der Waals surface area contributed by atoms with Crippen LogP contribution >= 0.6 is 0 Å². The molecule has 0 aliphatic rings. The zero-order valence-electron chi connectivity index (χ0n) is 13.0. The van der Waals surface area contributed by atoms with E-state index in [9.17, 15) is 9.00 Å². The molecule has 0 saturated carbocycles. The molecule has 0 unspecified atom stereocenters. The van der Waals surface area contributed by atoms with Gasteiger partial charge in [-0.3, -0.25) is 9.00 Å². The standard InChI is InChI=1S/C18H21NO2S/c1-14-3-7-16(8-4-14)13-18(20)19-11-12-22(21)17-9-5-15(2)6-10-17/h3-10H,11-13H2,1-2H3,(H,19,20)/t22-/m1/s1. The third-order valence-corrected chi connectivity index (χ3v) is 4.75. The zero-order chi connectivity index (χ0) is 15.9. The predicted molar refractivity (Wildman–Crippen MR) is 90.3 cm³/mol. The maximum atomic E-state index is 12.1. The number of hydrogen-bond donors (Lipinski definition) is 1. The van der Waals surface area contributed by atoms with Crippen LogP contribution in [0.3, 0.4) is 0 Å². The molecule has 4 heteroatoms. The summed E-state index contributed by atoms with van der Waals surface area (Å²) in [5.41, 5.74) is 3.31. The van der Waals surface area contributed by atoms with Crippen LogP contribution in [0.25, 0.3) is 0 Å². The summed E-state index contributed by atoms with van der Waals surface area (Å²) in [6, 6.07) is 15.6. The molecule has 0 aromatic heterocycles. The van der Waals surface area contributed by atoms with Gasteiger partial charge in [0.15, 0.2) is 0 Å². The molecule has 1 amide bonds. The van der Waals surface area contributed by atoms with Crippen LogP contribution in [0.5, 0.6) is 0 Å². The Bertz CT molecular complexity index is 648. The van der Waals surface area contributed by atoms with E-state index < -0.39 is 10.8 Å². The average Bonchev–Trinajstić information content (AvgIpc) is 2.50. The summed E-state index contributed by atoms with van der Waals surface area (Å²) in [6.07, 6.45) is 0.359. The molecular formula is C18H21NO2S. The van der Waals surface area contributed by atoms with Gasteiger partial charge in [0.2, 0.25) is 5.91 Å². The minimum atomic E-state index is -1.07. The fraction of sp³-hybridized carbons (Fsp3) is 0.278. The molecule has 2 aromatic carbocycles. The zero-order valence-corrected chi connectivity index (χ0v) is 13.8. The van der Waals surface area contributed by atoms with E-state index in [1.165, 1.54) is 5.56 Å². The molecule has 1 atom stereocenters. The van der Waals surface area contributed by atoms with Gasteiger partial charge in [0.1, 0.15) is 0 Å². The van der Waals surface area contributed by atoms with E-state index in [1.807, 2.05) is 62.4 Å². The van der Waals surface area contributed by atoms with Crippen LogP contribution in [-0.4, -0.2) is 22.4 Å². The topological polar surface area (TPSA) is 46.2 Å². The van der Waals surface area contributed by atoms with Gasteiger partial charge in [0.05, 0.1) is 17.2 Å². The molecule has 3 nitrogen and oxygen atoms in total. The second kappa shape index (κ2) is 7.90. The van der Waals surface area contributed by atoms with Crippen molar-refractivity contribution < 1.29 is 9.00 Å². The highest BCUT2D eigenvalue weighted by Gasteiger charge is 2.06. The molecule has 1 N–H and O–H groups in total. The van der Waals surface area contributed by atoms with Gasteiger partial charge in [0.25, 0.3) is 0 Å². The van der Waals surface area contributed by atoms with E-state index >= 15 is 0 Å². The molecule has 0 aliphatic carbocycles. The van der Waals surface area contributed by atoms with Crippen LogP contribution in [0.2, 0.25) is 0 Å². The summed E-state index contributed by atoms with van der Waals surface area (Å²) in [5, 5.41) is 2.83. The van der Waals surface area contributed by atoms with Crippen molar-refractivity contribution in [3.63, 3.8) is 0 Å². The summed E-state index contributed by atoms with van der Waals surface area (Å²) in [6.45, 7) is 4.44. The first kappa shape index (κ1) is 16.4. The van der Waals surface area contributed by atoms with Crippen LogP contribution in [0, 0.1) is 13.8 Å². The van der Waals surface area contributed by atoms with E-state index in [4.69, 9.17) is 0 Å². The van der Waals surface area contributed by atoms with Crippen molar-refractivity contribution in [2.75, 3.05) is 12.3 Å². The summed E-state index contributed by atoms with van der Waals surface area (Å²) in [4.78, 5) is 12.7. The van der Waals surface area contributed by atoms with Gasteiger partial charge in [-0.1, -0.05) is 47.5 Å². The van der Waals surface area contributed by atoms with Gasteiger partial charge in [-0.15, -0.1) is 0 Å². The third kappa shape index (κ3) is 5.11. The number of aryl methyl sites for hydroxylation is 2. The number of rotatable bonds is 6. The maximum Gasteiger partial charge on any atom is 0.224 e. The molecule has 0 heterocycles. The molecular weight excluding hydrogens is 294 g/mol. The Morgan fingerprint density at radius 2 is 1.50 bits per heavy atom. The van der Waals surface area contributed by atoms with E-state index in [2.05, 4.69) is 5.32 Å². The van der Waals surface area contributed by atoms with Crippen molar-refractivity contribution in [3.8, 4) is 0 Å². The summed E-state index contributed by atoms with van der Waals surface area (Å²) in [5.74, 6) is 0.396. The smallest absolute Gasteiger partial charge is 0.224 e. The Kier molecular flexibility index (Phi) is 5.90. The number of benzene rings is 2. The van der Waals surface area contributed by atoms with Crippen LogP contribution in [0.4, 0.5) is 0 Å². The highest BCUT2D eigenvalue weighted by atomic mass is 32.2. The Morgan fingerprint density at radius 3 is 2.09 bits per heavy atom. The Hall–Kier alpha value is -1.94. The number of nitrogens with one attached hydrogen (secondary N) is 1. The molecule has 116 valence electrons. The first-order valence-corrected chi connectivity index (χ1v) is 8.64. The van der Waals surface area contributed by atoms with Gasteiger partial charge in [0, 0.05) is 17.2 Å². The Balaban J connectivity index is 1.75. The van der Waals surface area contributed by atoms with Crippen LogP contribution in [0.15, 0.2) is 53.4 Å². The van der Waals surface area contributed by atoms with E-state index in [1.54, 1.807) is 0 Å². The first-order valence-electron chi connectivity index (χ1n) is 7.32. The lowest BCUT2D eigenvalue weighted by molar-refractivity contribution is -0.120. The van der Waals surface area contributed by atoms with Crippen LogP contribution in [0.1, 0.15) is 16.7 Å². The molecule has 2 aromatic rings. The molecule has 0 bridgehead atoms. The van der Waals surface area contributed by atoms with Gasteiger partial charge in [-0.25, -0.2) is 0 Å². The van der Waals surface area contributed by atoms with Gasteiger partial charge < -0.3 is 5.32 Å². The molecule has 0 aliphatic heterocycles. The van der Waals surface area contributed by atoms with Crippen LogP contribution in [-0.2, 0) is 22.0 Å².